The van der Waals surface area contributed by atoms with Crippen molar-refractivity contribution in [2.45, 2.75) is 50.2 Å². The number of benzene rings is 2. The Labute approximate surface area is 286 Å². The molecule has 250 valence electrons. The Balaban J connectivity index is 1.31. The molecule has 0 bridgehead atoms. The number of aromatic nitrogens is 2. The van der Waals surface area contributed by atoms with Crippen LogP contribution in [-0.4, -0.2) is 75.1 Å². The fourth-order valence-corrected chi connectivity index (χ4v) is 6.69. The van der Waals surface area contributed by atoms with Crippen molar-refractivity contribution in [3.63, 3.8) is 0 Å². The number of anilines is 1. The highest BCUT2D eigenvalue weighted by Crippen LogP contribution is 2.33. The van der Waals surface area contributed by atoms with E-state index in [1.54, 1.807) is 47.8 Å². The Morgan fingerprint density at radius 1 is 0.837 bits per heavy atom. The van der Waals surface area contributed by atoms with Crippen molar-refractivity contribution < 1.29 is 19.2 Å². The number of carbonyl (C=O) groups excluding carboxylic acids is 4. The first-order valence-corrected chi connectivity index (χ1v) is 16.8. The predicted molar refractivity (Wildman–Crippen MR) is 187 cm³/mol. The highest BCUT2D eigenvalue weighted by atomic mass is 16.2. The fraction of sp³-hybridized carbons (Fsp3) is 0.282. The maximum absolute atomic E-state index is 14.8. The molecule has 2 aromatic carbocycles. The minimum atomic E-state index is -1.08. The molecule has 2 saturated heterocycles. The van der Waals surface area contributed by atoms with Gasteiger partial charge in [-0.25, -0.2) is 0 Å². The second kappa shape index (κ2) is 15.5. The lowest BCUT2D eigenvalue weighted by Crippen LogP contribution is -2.56. The van der Waals surface area contributed by atoms with E-state index in [4.69, 9.17) is 0 Å². The SMILES string of the molecule is C=CC(=O)N1CCCCC1C(=O)N(c1ccc(-c2ccccn2)cc1)C(C(=O)NC1CCN(C(=O)c2ccccc2)CC1)c1cccnc1. The molecule has 0 radical (unpaired) electrons. The van der Waals surface area contributed by atoms with Crippen LogP contribution >= 0.6 is 0 Å². The van der Waals surface area contributed by atoms with Gasteiger partial charge in [-0.1, -0.05) is 49.0 Å². The van der Waals surface area contributed by atoms with Crippen LogP contribution in [0.5, 0.6) is 0 Å². The first kappa shape index (κ1) is 33.3. The average molecular weight is 657 g/mol. The van der Waals surface area contributed by atoms with E-state index in [0.29, 0.717) is 55.7 Å². The molecule has 0 spiro atoms. The lowest BCUT2D eigenvalue weighted by Gasteiger charge is -2.40. The van der Waals surface area contributed by atoms with Crippen molar-refractivity contribution >= 4 is 29.3 Å². The Bertz CT molecular complexity index is 1760. The van der Waals surface area contributed by atoms with Crippen LogP contribution in [0, 0.1) is 0 Å². The van der Waals surface area contributed by atoms with E-state index in [-0.39, 0.29) is 29.7 Å². The van der Waals surface area contributed by atoms with Gasteiger partial charge in [0.05, 0.1) is 5.69 Å². The molecule has 0 saturated carbocycles. The number of hydrogen-bond donors (Lipinski definition) is 1. The zero-order chi connectivity index (χ0) is 34.2. The second-order valence-corrected chi connectivity index (χ2v) is 12.3. The summed E-state index contributed by atoms with van der Waals surface area (Å²) in [6.07, 6.45) is 9.33. The van der Waals surface area contributed by atoms with Crippen LogP contribution in [0.2, 0.25) is 0 Å². The molecule has 2 aliphatic heterocycles. The smallest absolute Gasteiger partial charge is 0.253 e. The van der Waals surface area contributed by atoms with Crippen LogP contribution in [0.1, 0.15) is 54.1 Å². The third-order valence-electron chi connectivity index (χ3n) is 9.25. The number of piperidine rings is 2. The third-order valence-corrected chi connectivity index (χ3v) is 9.25. The minimum absolute atomic E-state index is 0.0318. The predicted octanol–water partition coefficient (Wildman–Crippen LogP) is 5.21. The van der Waals surface area contributed by atoms with E-state index in [2.05, 4.69) is 21.9 Å². The van der Waals surface area contributed by atoms with Crippen molar-refractivity contribution in [2.75, 3.05) is 24.5 Å². The number of carbonyl (C=O) groups is 4. The quantitative estimate of drug-likeness (QED) is 0.248. The molecule has 2 fully saturated rings. The van der Waals surface area contributed by atoms with E-state index in [1.807, 2.05) is 65.6 Å². The van der Waals surface area contributed by atoms with E-state index < -0.39 is 12.1 Å². The summed E-state index contributed by atoms with van der Waals surface area (Å²) in [5.41, 5.74) is 3.32. The van der Waals surface area contributed by atoms with Gasteiger partial charge in [0.2, 0.25) is 11.8 Å². The van der Waals surface area contributed by atoms with Crippen LogP contribution < -0.4 is 10.2 Å². The Morgan fingerprint density at radius 2 is 1.59 bits per heavy atom. The second-order valence-electron chi connectivity index (χ2n) is 12.3. The molecule has 2 aliphatic rings. The number of amides is 4. The van der Waals surface area contributed by atoms with Crippen molar-refractivity contribution in [1.82, 2.24) is 25.1 Å². The fourth-order valence-electron chi connectivity index (χ4n) is 6.69. The normalized spacial score (nSPS) is 17.1. The summed E-state index contributed by atoms with van der Waals surface area (Å²) in [6, 6.07) is 23.7. The molecule has 4 aromatic rings. The lowest BCUT2D eigenvalue weighted by molar-refractivity contribution is -0.138. The molecule has 10 nitrogen and oxygen atoms in total. The van der Waals surface area contributed by atoms with Gasteiger partial charge in [0.25, 0.3) is 11.8 Å². The number of pyridine rings is 2. The van der Waals surface area contributed by atoms with E-state index in [9.17, 15) is 19.2 Å². The summed E-state index contributed by atoms with van der Waals surface area (Å²) < 4.78 is 0. The molecule has 49 heavy (non-hydrogen) atoms. The number of nitrogens with one attached hydrogen (secondary N) is 1. The highest BCUT2D eigenvalue weighted by Gasteiger charge is 2.41. The zero-order valence-electron chi connectivity index (χ0n) is 27.4. The average Bonchev–Trinajstić information content (AvgIpc) is 3.17. The first-order chi connectivity index (χ1) is 23.9. The molecule has 2 atom stereocenters. The van der Waals surface area contributed by atoms with Gasteiger partial charge in [-0.3, -0.25) is 34.0 Å². The summed E-state index contributed by atoms with van der Waals surface area (Å²) >= 11 is 0. The van der Waals surface area contributed by atoms with Crippen LogP contribution in [0.4, 0.5) is 5.69 Å². The molecule has 2 unspecified atom stereocenters. The van der Waals surface area contributed by atoms with Gasteiger partial charge in [-0.15, -0.1) is 0 Å². The van der Waals surface area contributed by atoms with Gasteiger partial charge in [0.1, 0.15) is 12.1 Å². The number of nitrogens with zero attached hydrogens (tertiary/aromatic N) is 5. The first-order valence-electron chi connectivity index (χ1n) is 16.8. The Hall–Kier alpha value is -5.64. The maximum atomic E-state index is 14.8. The van der Waals surface area contributed by atoms with Gasteiger partial charge in [-0.05, 0) is 80.6 Å². The Kier molecular flexibility index (Phi) is 10.5. The number of hydrogen-bond acceptors (Lipinski definition) is 6. The van der Waals surface area contributed by atoms with Crippen molar-refractivity contribution in [2.24, 2.45) is 0 Å². The number of likely N-dealkylation sites (tertiary alicyclic amines) is 2. The molecule has 2 aromatic heterocycles. The zero-order valence-corrected chi connectivity index (χ0v) is 27.4. The largest absolute Gasteiger partial charge is 0.351 e. The van der Waals surface area contributed by atoms with Crippen LogP contribution in [-0.2, 0) is 14.4 Å². The summed E-state index contributed by atoms with van der Waals surface area (Å²) in [5.74, 6) is -1.06. The highest BCUT2D eigenvalue weighted by molar-refractivity contribution is 6.05. The van der Waals surface area contributed by atoms with E-state index >= 15 is 0 Å². The minimum Gasteiger partial charge on any atom is -0.351 e. The summed E-state index contributed by atoms with van der Waals surface area (Å²) in [7, 11) is 0. The lowest BCUT2D eigenvalue weighted by atomic mass is 9.96. The molecule has 6 rings (SSSR count). The van der Waals surface area contributed by atoms with Crippen molar-refractivity contribution in [1.29, 1.82) is 0 Å². The van der Waals surface area contributed by atoms with Gasteiger partial charge < -0.3 is 15.1 Å². The summed E-state index contributed by atoms with van der Waals surface area (Å²) in [6.45, 7) is 5.08. The molecule has 4 heterocycles. The van der Waals surface area contributed by atoms with E-state index in [1.165, 1.54) is 11.0 Å². The molecular weight excluding hydrogens is 616 g/mol. The third kappa shape index (κ3) is 7.59. The van der Waals surface area contributed by atoms with Crippen LogP contribution in [0.3, 0.4) is 0 Å². The molecular formula is C39H40N6O4. The topological polar surface area (TPSA) is 116 Å². The number of rotatable bonds is 9. The Morgan fingerprint density at radius 3 is 2.27 bits per heavy atom. The van der Waals surface area contributed by atoms with Gasteiger partial charge in [-0.2, -0.15) is 0 Å². The monoisotopic (exact) mass is 656 g/mol. The van der Waals surface area contributed by atoms with E-state index in [0.717, 1.165) is 24.1 Å². The summed E-state index contributed by atoms with van der Waals surface area (Å²) in [4.78, 5) is 68.9. The molecule has 10 heteroatoms. The van der Waals surface area contributed by atoms with Gasteiger partial charge in [0, 0.05) is 66.6 Å². The van der Waals surface area contributed by atoms with Crippen LogP contribution in [0.25, 0.3) is 11.3 Å². The molecule has 0 aliphatic carbocycles. The van der Waals surface area contributed by atoms with Gasteiger partial charge >= 0.3 is 0 Å². The van der Waals surface area contributed by atoms with Crippen molar-refractivity contribution in [3.8, 4) is 11.3 Å². The molecule has 4 amide bonds. The van der Waals surface area contributed by atoms with Gasteiger partial charge in [0.15, 0.2) is 0 Å². The van der Waals surface area contributed by atoms with Crippen molar-refractivity contribution in [3.05, 3.63) is 127 Å². The standard InChI is InChI=1S/C39H40N6O4/c1-2-35(46)44-24-9-7-15-34(44)39(49)45(32-18-16-28(17-19-32)33-14-6-8-23-41-33)36(30-13-10-22-40-27-30)37(47)42-31-20-25-43(26-21-31)38(48)29-11-4-3-5-12-29/h2-6,8,10-14,16-19,22-23,27,31,34,36H,1,7,9,15,20-21,24-26H2,(H,42,47). The maximum Gasteiger partial charge on any atom is 0.253 e. The summed E-state index contributed by atoms with van der Waals surface area (Å²) in [5, 5.41) is 3.20. The molecule has 1 N–H and O–H groups in total. The van der Waals surface area contributed by atoms with Crippen LogP contribution in [0.15, 0.2) is 116 Å².